The fourth-order valence-electron chi connectivity index (χ4n) is 2.51. The second-order valence-corrected chi connectivity index (χ2v) is 7.01. The van der Waals surface area contributed by atoms with Gasteiger partial charge in [0.05, 0.1) is 6.54 Å². The summed E-state index contributed by atoms with van der Waals surface area (Å²) in [7, 11) is 0. The van der Waals surface area contributed by atoms with Crippen molar-refractivity contribution in [2.24, 2.45) is 5.73 Å². The Kier molecular flexibility index (Phi) is 6.30. The van der Waals surface area contributed by atoms with Crippen LogP contribution in [-0.4, -0.2) is 16.8 Å². The molecule has 0 radical (unpaired) electrons. The lowest BCUT2D eigenvalue weighted by Gasteiger charge is -2.13. The number of anilines is 1. The molecule has 1 atom stereocenters. The SMILES string of the molecule is NC(CC(=O)NCc1cccs1)c1ccc(C(=O)Nc2ccncc2)cc1. The van der Waals surface area contributed by atoms with Crippen LogP contribution in [0.2, 0.25) is 0 Å². The highest BCUT2D eigenvalue weighted by Gasteiger charge is 2.13. The van der Waals surface area contributed by atoms with E-state index < -0.39 is 6.04 Å². The molecule has 4 N–H and O–H groups in total. The van der Waals surface area contributed by atoms with Crippen LogP contribution in [0.3, 0.4) is 0 Å². The van der Waals surface area contributed by atoms with Gasteiger partial charge in [-0.15, -0.1) is 11.3 Å². The zero-order chi connectivity index (χ0) is 19.1. The van der Waals surface area contributed by atoms with E-state index in [9.17, 15) is 9.59 Å². The fraction of sp³-hybridized carbons (Fsp3) is 0.150. The summed E-state index contributed by atoms with van der Waals surface area (Å²) in [5.74, 6) is -0.314. The van der Waals surface area contributed by atoms with Crippen molar-refractivity contribution in [3.05, 3.63) is 82.3 Å². The summed E-state index contributed by atoms with van der Waals surface area (Å²) in [6.07, 6.45) is 3.41. The Hall–Kier alpha value is -3.03. The Bertz CT molecular complexity index is 880. The van der Waals surface area contributed by atoms with Crippen LogP contribution in [0.5, 0.6) is 0 Å². The van der Waals surface area contributed by atoms with Crippen LogP contribution < -0.4 is 16.4 Å². The molecule has 2 heterocycles. The third-order valence-electron chi connectivity index (χ3n) is 3.98. The minimum atomic E-state index is -0.425. The van der Waals surface area contributed by atoms with Gasteiger partial charge in [-0.1, -0.05) is 18.2 Å². The van der Waals surface area contributed by atoms with Crippen molar-refractivity contribution < 1.29 is 9.59 Å². The number of nitrogens with two attached hydrogens (primary N) is 1. The Balaban J connectivity index is 1.52. The van der Waals surface area contributed by atoms with Crippen LogP contribution in [0.25, 0.3) is 0 Å². The van der Waals surface area contributed by atoms with Gasteiger partial charge in [0.25, 0.3) is 5.91 Å². The lowest BCUT2D eigenvalue weighted by atomic mass is 10.0. The normalized spacial score (nSPS) is 11.6. The molecular formula is C20H20N4O2S. The van der Waals surface area contributed by atoms with Crippen molar-refractivity contribution >= 4 is 28.8 Å². The number of carbonyl (C=O) groups is 2. The van der Waals surface area contributed by atoms with Crippen LogP contribution in [0.4, 0.5) is 5.69 Å². The summed E-state index contributed by atoms with van der Waals surface area (Å²) < 4.78 is 0. The van der Waals surface area contributed by atoms with Gasteiger partial charge in [-0.3, -0.25) is 14.6 Å². The number of thiophene rings is 1. The molecule has 2 amide bonds. The molecule has 0 bridgehead atoms. The Labute approximate surface area is 161 Å². The van der Waals surface area contributed by atoms with Crippen molar-refractivity contribution in [3.8, 4) is 0 Å². The third kappa shape index (κ3) is 5.47. The second-order valence-electron chi connectivity index (χ2n) is 5.98. The molecule has 1 unspecified atom stereocenters. The Morgan fingerprint density at radius 3 is 2.48 bits per heavy atom. The number of nitrogens with one attached hydrogen (secondary N) is 2. The maximum absolute atomic E-state index is 12.2. The molecule has 0 fully saturated rings. The van der Waals surface area contributed by atoms with Crippen LogP contribution in [0.1, 0.15) is 33.3 Å². The number of hydrogen-bond acceptors (Lipinski definition) is 5. The first-order valence-corrected chi connectivity index (χ1v) is 9.36. The van der Waals surface area contributed by atoms with Gasteiger partial charge in [0, 0.05) is 41.0 Å². The van der Waals surface area contributed by atoms with E-state index in [0.717, 1.165) is 10.4 Å². The van der Waals surface area contributed by atoms with Crippen molar-refractivity contribution in [1.29, 1.82) is 0 Å². The number of aromatic nitrogens is 1. The molecule has 1 aromatic carbocycles. The van der Waals surface area contributed by atoms with Gasteiger partial charge in [0.1, 0.15) is 0 Å². The summed E-state index contributed by atoms with van der Waals surface area (Å²) in [5, 5.41) is 7.63. The predicted molar refractivity (Wildman–Crippen MR) is 106 cm³/mol. The van der Waals surface area contributed by atoms with Crippen molar-refractivity contribution in [1.82, 2.24) is 10.3 Å². The third-order valence-corrected chi connectivity index (χ3v) is 4.86. The molecular weight excluding hydrogens is 360 g/mol. The van der Waals surface area contributed by atoms with Crippen LogP contribution >= 0.6 is 11.3 Å². The van der Waals surface area contributed by atoms with Gasteiger partial charge in [-0.25, -0.2) is 0 Å². The van der Waals surface area contributed by atoms with Crippen LogP contribution in [0.15, 0.2) is 66.3 Å². The molecule has 0 aliphatic rings. The predicted octanol–water partition coefficient (Wildman–Crippen LogP) is 3.10. The second kappa shape index (κ2) is 9.07. The number of amides is 2. The summed E-state index contributed by atoms with van der Waals surface area (Å²) in [6, 6.07) is 13.9. The average molecular weight is 380 g/mol. The van der Waals surface area contributed by atoms with E-state index in [0.29, 0.717) is 17.8 Å². The molecule has 27 heavy (non-hydrogen) atoms. The maximum Gasteiger partial charge on any atom is 0.255 e. The monoisotopic (exact) mass is 380 g/mol. The molecule has 0 spiro atoms. The van der Waals surface area contributed by atoms with Crippen LogP contribution in [0, 0.1) is 0 Å². The maximum atomic E-state index is 12.2. The summed E-state index contributed by atoms with van der Waals surface area (Å²) in [6.45, 7) is 0.511. The van der Waals surface area contributed by atoms with Gasteiger partial charge in [-0.2, -0.15) is 0 Å². The zero-order valence-corrected chi connectivity index (χ0v) is 15.4. The molecule has 3 rings (SSSR count). The number of hydrogen-bond donors (Lipinski definition) is 3. The first kappa shape index (κ1) is 18.8. The quantitative estimate of drug-likeness (QED) is 0.587. The fourth-order valence-corrected chi connectivity index (χ4v) is 3.15. The molecule has 138 valence electrons. The minimum Gasteiger partial charge on any atom is -0.351 e. The minimum absolute atomic E-state index is 0.101. The number of nitrogens with zero attached hydrogens (tertiary/aromatic N) is 1. The molecule has 7 heteroatoms. The van der Waals surface area contributed by atoms with Gasteiger partial charge >= 0.3 is 0 Å². The van der Waals surface area contributed by atoms with E-state index in [2.05, 4.69) is 15.6 Å². The van der Waals surface area contributed by atoms with Gasteiger partial charge in [0.15, 0.2) is 0 Å². The summed E-state index contributed by atoms with van der Waals surface area (Å²) in [4.78, 5) is 29.3. The van der Waals surface area contributed by atoms with Gasteiger partial charge in [0.2, 0.25) is 5.91 Å². The lowest BCUT2D eigenvalue weighted by Crippen LogP contribution is -2.26. The number of carbonyl (C=O) groups excluding carboxylic acids is 2. The molecule has 3 aromatic rings. The number of pyridine rings is 1. The molecule has 0 aliphatic carbocycles. The molecule has 2 aromatic heterocycles. The first-order valence-electron chi connectivity index (χ1n) is 8.48. The van der Waals surface area contributed by atoms with E-state index in [1.165, 1.54) is 0 Å². The Morgan fingerprint density at radius 1 is 1.07 bits per heavy atom. The molecule has 6 nitrogen and oxygen atoms in total. The highest BCUT2D eigenvalue weighted by atomic mass is 32.1. The van der Waals surface area contributed by atoms with Gasteiger partial charge in [-0.05, 0) is 41.3 Å². The van der Waals surface area contributed by atoms with Crippen LogP contribution in [-0.2, 0) is 11.3 Å². The lowest BCUT2D eigenvalue weighted by molar-refractivity contribution is -0.121. The topological polar surface area (TPSA) is 97.1 Å². The van der Waals surface area contributed by atoms with E-state index in [1.807, 2.05) is 17.5 Å². The number of benzene rings is 1. The zero-order valence-electron chi connectivity index (χ0n) is 14.6. The molecule has 0 saturated carbocycles. The van der Waals surface area contributed by atoms with Gasteiger partial charge < -0.3 is 16.4 Å². The number of rotatable bonds is 7. The average Bonchev–Trinajstić information content (AvgIpc) is 3.21. The van der Waals surface area contributed by atoms with Crippen molar-refractivity contribution in [2.75, 3.05) is 5.32 Å². The van der Waals surface area contributed by atoms with Crippen molar-refractivity contribution in [2.45, 2.75) is 19.0 Å². The van der Waals surface area contributed by atoms with Crippen molar-refractivity contribution in [3.63, 3.8) is 0 Å². The standard InChI is InChI=1S/C20H20N4O2S/c21-18(12-19(25)23-13-17-2-1-11-27-17)14-3-5-15(6-4-14)20(26)24-16-7-9-22-10-8-16/h1-11,18H,12-13,21H2,(H,23,25)(H,22,24,26). The van der Waals surface area contributed by atoms with E-state index >= 15 is 0 Å². The highest BCUT2D eigenvalue weighted by Crippen LogP contribution is 2.16. The smallest absolute Gasteiger partial charge is 0.255 e. The van der Waals surface area contributed by atoms with E-state index in [1.54, 1.807) is 60.1 Å². The van der Waals surface area contributed by atoms with E-state index in [-0.39, 0.29) is 18.2 Å². The molecule has 0 saturated heterocycles. The Morgan fingerprint density at radius 2 is 1.81 bits per heavy atom. The first-order chi connectivity index (χ1) is 13.1. The summed E-state index contributed by atoms with van der Waals surface area (Å²) >= 11 is 1.60. The molecule has 0 aliphatic heterocycles. The highest BCUT2D eigenvalue weighted by molar-refractivity contribution is 7.09. The largest absolute Gasteiger partial charge is 0.351 e. The summed E-state index contributed by atoms with van der Waals surface area (Å²) in [5.41, 5.74) is 8.13. The van der Waals surface area contributed by atoms with E-state index in [4.69, 9.17) is 5.73 Å².